The third kappa shape index (κ3) is 4.91. The summed E-state index contributed by atoms with van der Waals surface area (Å²) in [6.07, 6.45) is 7.52. The van der Waals surface area contributed by atoms with Gasteiger partial charge in [-0.05, 0) is 73.9 Å². The molecule has 2 fully saturated rings. The van der Waals surface area contributed by atoms with Gasteiger partial charge in [-0.25, -0.2) is 0 Å². The Labute approximate surface area is 192 Å². The Morgan fingerprint density at radius 2 is 1.94 bits per heavy atom. The molecule has 1 aliphatic carbocycles. The van der Waals surface area contributed by atoms with Crippen LogP contribution in [0.4, 0.5) is 0 Å². The van der Waals surface area contributed by atoms with E-state index in [0.29, 0.717) is 12.5 Å². The molecule has 2 aliphatic rings. The molecule has 4 nitrogen and oxygen atoms in total. The smallest absolute Gasteiger partial charge is 0.317 e. The van der Waals surface area contributed by atoms with Gasteiger partial charge in [-0.2, -0.15) is 0 Å². The van der Waals surface area contributed by atoms with Gasteiger partial charge in [-0.3, -0.25) is 4.79 Å². The molecule has 1 saturated carbocycles. The fourth-order valence-corrected chi connectivity index (χ4v) is 5.47. The van der Waals surface area contributed by atoms with Crippen LogP contribution in [0.1, 0.15) is 43.7 Å². The summed E-state index contributed by atoms with van der Waals surface area (Å²) in [5.41, 5.74) is 3.25. The van der Waals surface area contributed by atoms with Crippen molar-refractivity contribution >= 4 is 12.0 Å². The molecule has 0 radical (unpaired) electrons. The van der Waals surface area contributed by atoms with E-state index in [1.165, 1.54) is 11.1 Å². The molecule has 2 atom stereocenters. The first-order chi connectivity index (χ1) is 15.6. The van der Waals surface area contributed by atoms with Crippen molar-refractivity contribution in [2.24, 2.45) is 11.3 Å². The van der Waals surface area contributed by atoms with E-state index in [1.54, 1.807) is 7.11 Å². The van der Waals surface area contributed by atoms with Crippen LogP contribution < -0.4 is 4.74 Å². The van der Waals surface area contributed by atoms with Gasteiger partial charge in [0.2, 0.25) is 0 Å². The van der Waals surface area contributed by atoms with Crippen LogP contribution in [0.3, 0.4) is 0 Å². The summed E-state index contributed by atoms with van der Waals surface area (Å²) in [5, 5.41) is 0. The van der Waals surface area contributed by atoms with Gasteiger partial charge >= 0.3 is 5.97 Å². The Kier molecular flexibility index (Phi) is 7.31. The number of esters is 1. The number of carbonyl (C=O) groups excluding carboxylic acids is 1. The number of hydrogen-bond acceptors (Lipinski definition) is 4. The summed E-state index contributed by atoms with van der Waals surface area (Å²) in [7, 11) is 1.68. The first kappa shape index (κ1) is 22.6. The lowest BCUT2D eigenvalue weighted by molar-refractivity contribution is -0.158. The zero-order valence-corrected chi connectivity index (χ0v) is 19.4. The Morgan fingerprint density at radius 3 is 2.66 bits per heavy atom. The highest BCUT2D eigenvalue weighted by Gasteiger charge is 2.52. The van der Waals surface area contributed by atoms with E-state index in [2.05, 4.69) is 53.4 Å². The van der Waals surface area contributed by atoms with Gasteiger partial charge < -0.3 is 14.4 Å². The van der Waals surface area contributed by atoms with Crippen molar-refractivity contribution in [3.05, 3.63) is 71.3 Å². The predicted octanol–water partition coefficient (Wildman–Crippen LogP) is 5.38. The number of nitrogens with zero attached hydrogens (tertiary/aromatic N) is 1. The summed E-state index contributed by atoms with van der Waals surface area (Å²) in [6.45, 7) is 5.14. The number of carbonyl (C=O) groups is 1. The SMILES string of the molecule is CCOC(=O)[C@]12CCC[C@H](CN(CCCc3ccccc3)C1)C2=Cc1ccc(OC)cc1. The van der Waals surface area contributed by atoms with Gasteiger partial charge in [0, 0.05) is 13.1 Å². The third-order valence-corrected chi connectivity index (χ3v) is 7.01. The largest absolute Gasteiger partial charge is 0.497 e. The van der Waals surface area contributed by atoms with E-state index >= 15 is 0 Å². The number of piperidine rings is 1. The zero-order chi connectivity index (χ0) is 22.4. The Morgan fingerprint density at radius 1 is 1.16 bits per heavy atom. The number of hydrogen-bond donors (Lipinski definition) is 0. The molecule has 2 bridgehead atoms. The Bertz CT molecular complexity index is 921. The Hall–Kier alpha value is -2.59. The maximum atomic E-state index is 13.4. The van der Waals surface area contributed by atoms with E-state index in [4.69, 9.17) is 9.47 Å². The lowest BCUT2D eigenvalue weighted by Gasteiger charge is -2.50. The maximum Gasteiger partial charge on any atom is 0.317 e. The molecule has 0 spiro atoms. The van der Waals surface area contributed by atoms with Gasteiger partial charge in [0.05, 0.1) is 13.7 Å². The van der Waals surface area contributed by atoms with Gasteiger partial charge in [-0.1, -0.05) is 55.0 Å². The fraction of sp³-hybridized carbons (Fsp3) is 0.464. The van der Waals surface area contributed by atoms with Crippen molar-refractivity contribution in [2.75, 3.05) is 33.4 Å². The van der Waals surface area contributed by atoms with Crippen LogP contribution in [0.25, 0.3) is 6.08 Å². The zero-order valence-electron chi connectivity index (χ0n) is 19.4. The van der Waals surface area contributed by atoms with Gasteiger partial charge in [0.1, 0.15) is 11.2 Å². The summed E-state index contributed by atoms with van der Waals surface area (Å²) >= 11 is 0. The quantitative estimate of drug-likeness (QED) is 0.524. The summed E-state index contributed by atoms with van der Waals surface area (Å²) in [4.78, 5) is 15.9. The molecule has 0 amide bonds. The second kappa shape index (κ2) is 10.4. The molecule has 2 aromatic carbocycles. The maximum absolute atomic E-state index is 13.4. The van der Waals surface area contributed by atoms with E-state index in [1.807, 2.05) is 19.1 Å². The minimum Gasteiger partial charge on any atom is -0.497 e. The van der Waals surface area contributed by atoms with Crippen LogP contribution >= 0.6 is 0 Å². The summed E-state index contributed by atoms with van der Waals surface area (Å²) in [5.74, 6) is 1.21. The number of rotatable bonds is 8. The lowest BCUT2D eigenvalue weighted by Crippen LogP contribution is -2.55. The Balaban J connectivity index is 1.55. The average molecular weight is 434 g/mol. The van der Waals surface area contributed by atoms with Crippen LogP contribution in [0, 0.1) is 11.3 Å². The molecular formula is C28H35NO3. The number of fused-ring (bicyclic) bond motifs is 2. The highest BCUT2D eigenvalue weighted by atomic mass is 16.5. The van der Waals surface area contributed by atoms with E-state index in [-0.39, 0.29) is 5.97 Å². The topological polar surface area (TPSA) is 38.8 Å². The minimum absolute atomic E-state index is 0.0442. The molecule has 4 rings (SSSR count). The van der Waals surface area contributed by atoms with Crippen LogP contribution in [0.5, 0.6) is 5.75 Å². The molecule has 32 heavy (non-hydrogen) atoms. The molecule has 0 unspecified atom stereocenters. The van der Waals surface area contributed by atoms with Crippen molar-refractivity contribution < 1.29 is 14.3 Å². The van der Waals surface area contributed by atoms with Crippen LogP contribution in [-0.2, 0) is 16.0 Å². The van der Waals surface area contributed by atoms with Crippen molar-refractivity contribution in [1.29, 1.82) is 0 Å². The van der Waals surface area contributed by atoms with Gasteiger partial charge in [-0.15, -0.1) is 0 Å². The van der Waals surface area contributed by atoms with E-state index in [9.17, 15) is 4.79 Å². The second-order valence-corrected chi connectivity index (χ2v) is 9.09. The van der Waals surface area contributed by atoms with E-state index < -0.39 is 5.41 Å². The third-order valence-electron chi connectivity index (χ3n) is 7.01. The van der Waals surface area contributed by atoms with Crippen LogP contribution in [0.15, 0.2) is 60.2 Å². The monoisotopic (exact) mass is 433 g/mol. The van der Waals surface area contributed by atoms with Crippen LogP contribution in [0.2, 0.25) is 0 Å². The molecule has 1 saturated heterocycles. The highest BCUT2D eigenvalue weighted by Crippen LogP contribution is 2.50. The molecule has 1 aliphatic heterocycles. The standard InChI is InChI=1S/C28H35NO3/c1-3-32-27(30)28-17-7-12-24(26(28)19-23-13-15-25(31-2)16-14-23)20-29(21-28)18-8-11-22-9-5-4-6-10-22/h4-6,9-10,13-16,19,24H,3,7-8,11-12,17-18,20-21H2,1-2H3/t24-,28-/m1/s1. The van der Waals surface area contributed by atoms with Crippen molar-refractivity contribution in [2.45, 2.75) is 39.0 Å². The second-order valence-electron chi connectivity index (χ2n) is 9.09. The molecule has 1 heterocycles. The number of methoxy groups -OCH3 is 1. The van der Waals surface area contributed by atoms with Gasteiger partial charge in [0.15, 0.2) is 0 Å². The first-order valence-electron chi connectivity index (χ1n) is 11.9. The minimum atomic E-state index is -0.524. The van der Waals surface area contributed by atoms with E-state index in [0.717, 1.165) is 63.1 Å². The normalized spacial score (nSPS) is 24.3. The highest BCUT2D eigenvalue weighted by molar-refractivity contribution is 5.84. The molecule has 0 aromatic heterocycles. The lowest BCUT2D eigenvalue weighted by atomic mass is 9.62. The molecule has 170 valence electrons. The van der Waals surface area contributed by atoms with Crippen LogP contribution in [-0.4, -0.2) is 44.2 Å². The van der Waals surface area contributed by atoms with Crippen molar-refractivity contribution in [3.63, 3.8) is 0 Å². The number of likely N-dealkylation sites (tertiary alicyclic amines) is 1. The van der Waals surface area contributed by atoms with Gasteiger partial charge in [0.25, 0.3) is 0 Å². The number of benzene rings is 2. The predicted molar refractivity (Wildman–Crippen MR) is 129 cm³/mol. The number of ether oxygens (including phenoxy) is 2. The van der Waals surface area contributed by atoms with Crippen molar-refractivity contribution in [3.8, 4) is 5.75 Å². The molecular weight excluding hydrogens is 398 g/mol. The summed E-state index contributed by atoms with van der Waals surface area (Å²) < 4.78 is 11.0. The molecule has 4 heteroatoms. The fourth-order valence-electron chi connectivity index (χ4n) is 5.47. The average Bonchev–Trinajstić information content (AvgIpc) is 2.81. The number of aryl methyl sites for hydroxylation is 1. The molecule has 0 N–H and O–H groups in total. The first-order valence-corrected chi connectivity index (χ1v) is 11.9. The summed E-state index contributed by atoms with van der Waals surface area (Å²) in [6, 6.07) is 18.8. The molecule has 2 aromatic rings. The van der Waals surface area contributed by atoms with Crippen molar-refractivity contribution in [1.82, 2.24) is 4.90 Å².